The Balaban J connectivity index is 1.71. The molecule has 9 heteroatoms. The molecule has 1 aliphatic rings. The molecule has 4 rings (SSSR count). The van der Waals surface area contributed by atoms with E-state index < -0.39 is 0 Å². The number of rotatable bonds is 4. The van der Waals surface area contributed by atoms with Crippen molar-refractivity contribution >= 4 is 11.4 Å². The SMILES string of the molecule is CCn1c([C@@H]2C[C@H](OC)CN2C(=O)c2ccc3cncn3c2)n[nH]c1=O. The fourth-order valence-electron chi connectivity index (χ4n) is 3.54. The molecule has 0 bridgehead atoms. The van der Waals surface area contributed by atoms with Crippen molar-refractivity contribution in [3.63, 3.8) is 0 Å². The van der Waals surface area contributed by atoms with Gasteiger partial charge in [-0.25, -0.2) is 14.9 Å². The molecule has 0 saturated carbocycles. The number of aromatic amines is 1. The van der Waals surface area contributed by atoms with Crippen LogP contribution < -0.4 is 5.69 Å². The van der Waals surface area contributed by atoms with Gasteiger partial charge in [-0.3, -0.25) is 9.36 Å². The Bertz CT molecular complexity index is 1000. The van der Waals surface area contributed by atoms with Crippen LogP contribution in [0.5, 0.6) is 0 Å². The minimum atomic E-state index is -0.315. The lowest BCUT2D eigenvalue weighted by molar-refractivity contribution is 0.0682. The van der Waals surface area contributed by atoms with E-state index in [9.17, 15) is 9.59 Å². The first-order chi connectivity index (χ1) is 12.6. The first-order valence-corrected chi connectivity index (χ1v) is 8.53. The number of fused-ring (bicyclic) bond motifs is 1. The van der Waals surface area contributed by atoms with E-state index in [4.69, 9.17) is 4.74 Å². The van der Waals surface area contributed by atoms with Gasteiger partial charge >= 0.3 is 5.69 Å². The van der Waals surface area contributed by atoms with Gasteiger partial charge in [-0.05, 0) is 19.1 Å². The molecule has 2 atom stereocenters. The van der Waals surface area contributed by atoms with E-state index >= 15 is 0 Å². The molecule has 3 aromatic heterocycles. The van der Waals surface area contributed by atoms with Crippen molar-refractivity contribution in [1.82, 2.24) is 29.0 Å². The minimum Gasteiger partial charge on any atom is -0.380 e. The number of hydrogen-bond donors (Lipinski definition) is 1. The maximum Gasteiger partial charge on any atom is 0.343 e. The summed E-state index contributed by atoms with van der Waals surface area (Å²) in [4.78, 5) is 30.9. The van der Waals surface area contributed by atoms with Crippen molar-refractivity contribution < 1.29 is 9.53 Å². The average Bonchev–Trinajstić information content (AvgIpc) is 3.37. The number of methoxy groups -OCH3 is 1. The zero-order valence-electron chi connectivity index (χ0n) is 14.6. The standard InChI is InChI=1S/C17H20N6O3/c1-3-22-15(19-20-17(22)25)14-6-13(26-2)9-23(14)16(24)11-4-5-12-7-18-10-21(12)8-11/h4-5,7-8,10,13-14H,3,6,9H2,1-2H3,(H,20,25)/t13-,14-/m0/s1. The largest absolute Gasteiger partial charge is 0.380 e. The molecule has 0 radical (unpaired) electrons. The van der Waals surface area contributed by atoms with Crippen LogP contribution in [0.3, 0.4) is 0 Å². The summed E-state index contributed by atoms with van der Waals surface area (Å²) in [6.45, 7) is 2.82. The third kappa shape index (κ3) is 2.60. The van der Waals surface area contributed by atoms with Gasteiger partial charge in [0.2, 0.25) is 0 Å². The number of carbonyl (C=O) groups is 1. The van der Waals surface area contributed by atoms with Crippen molar-refractivity contribution in [3.8, 4) is 0 Å². The van der Waals surface area contributed by atoms with Crippen LogP contribution in [0, 0.1) is 0 Å². The van der Waals surface area contributed by atoms with E-state index in [-0.39, 0.29) is 23.7 Å². The highest BCUT2D eigenvalue weighted by molar-refractivity contribution is 5.94. The fourth-order valence-corrected chi connectivity index (χ4v) is 3.54. The second-order valence-electron chi connectivity index (χ2n) is 6.34. The van der Waals surface area contributed by atoms with Crippen molar-refractivity contribution in [2.75, 3.05) is 13.7 Å². The van der Waals surface area contributed by atoms with Crippen LogP contribution in [-0.4, -0.2) is 54.7 Å². The number of amides is 1. The van der Waals surface area contributed by atoms with E-state index in [1.165, 1.54) is 0 Å². The average molecular weight is 356 g/mol. The highest BCUT2D eigenvalue weighted by Gasteiger charge is 2.39. The molecule has 0 aliphatic carbocycles. The summed E-state index contributed by atoms with van der Waals surface area (Å²) >= 11 is 0. The van der Waals surface area contributed by atoms with Gasteiger partial charge in [0.25, 0.3) is 5.91 Å². The van der Waals surface area contributed by atoms with Crippen molar-refractivity contribution in [1.29, 1.82) is 0 Å². The van der Waals surface area contributed by atoms with Gasteiger partial charge in [0, 0.05) is 32.8 Å². The molecule has 1 aliphatic heterocycles. The Kier molecular flexibility index (Phi) is 4.08. The molecule has 9 nitrogen and oxygen atoms in total. The van der Waals surface area contributed by atoms with Gasteiger partial charge in [0.15, 0.2) is 5.82 Å². The number of imidazole rings is 1. The molecule has 0 spiro atoms. The van der Waals surface area contributed by atoms with Crippen LogP contribution in [0.1, 0.15) is 35.6 Å². The normalized spacial score (nSPS) is 20.2. The molecule has 1 fully saturated rings. The van der Waals surface area contributed by atoms with Crippen LogP contribution in [0.15, 0.2) is 35.6 Å². The maximum atomic E-state index is 13.2. The highest BCUT2D eigenvalue weighted by Crippen LogP contribution is 2.33. The smallest absolute Gasteiger partial charge is 0.343 e. The number of nitrogens with one attached hydrogen (secondary N) is 1. The van der Waals surface area contributed by atoms with Crippen LogP contribution in [0.25, 0.3) is 5.52 Å². The number of ether oxygens (including phenoxy) is 1. The summed E-state index contributed by atoms with van der Waals surface area (Å²) in [6.07, 6.45) is 5.66. The number of likely N-dealkylation sites (tertiary alicyclic amines) is 1. The van der Waals surface area contributed by atoms with E-state index in [0.29, 0.717) is 30.9 Å². The highest BCUT2D eigenvalue weighted by atomic mass is 16.5. The lowest BCUT2D eigenvalue weighted by Crippen LogP contribution is -2.34. The number of aromatic nitrogens is 5. The maximum absolute atomic E-state index is 13.2. The molecule has 0 unspecified atom stereocenters. The first-order valence-electron chi connectivity index (χ1n) is 8.53. The van der Waals surface area contributed by atoms with Gasteiger partial charge in [0.1, 0.15) is 0 Å². The summed E-state index contributed by atoms with van der Waals surface area (Å²) < 4.78 is 8.85. The predicted octanol–water partition coefficient (Wildman–Crippen LogP) is 0.841. The van der Waals surface area contributed by atoms with Crippen LogP contribution in [0.4, 0.5) is 0 Å². The summed E-state index contributed by atoms with van der Waals surface area (Å²) in [5.41, 5.74) is 1.20. The minimum absolute atomic E-state index is 0.0990. The lowest BCUT2D eigenvalue weighted by Gasteiger charge is -2.24. The number of pyridine rings is 1. The number of carbonyl (C=O) groups excluding carboxylic acids is 1. The van der Waals surface area contributed by atoms with Crippen molar-refractivity contribution in [2.24, 2.45) is 0 Å². The number of nitrogens with zero attached hydrogens (tertiary/aromatic N) is 5. The molecule has 136 valence electrons. The van der Waals surface area contributed by atoms with E-state index in [1.54, 1.807) is 41.4 Å². The molecule has 1 N–H and O–H groups in total. The van der Waals surface area contributed by atoms with Gasteiger partial charge in [-0.15, -0.1) is 0 Å². The number of hydrogen-bond acceptors (Lipinski definition) is 5. The van der Waals surface area contributed by atoms with Crippen LogP contribution >= 0.6 is 0 Å². The van der Waals surface area contributed by atoms with Gasteiger partial charge in [0.05, 0.1) is 35.8 Å². The Morgan fingerprint density at radius 3 is 3.04 bits per heavy atom. The number of H-pyrrole nitrogens is 1. The Morgan fingerprint density at radius 1 is 1.42 bits per heavy atom. The third-order valence-electron chi connectivity index (χ3n) is 4.91. The second-order valence-corrected chi connectivity index (χ2v) is 6.34. The summed E-state index contributed by atoms with van der Waals surface area (Å²) in [5, 5.41) is 6.65. The Labute approximate surface area is 149 Å². The summed E-state index contributed by atoms with van der Waals surface area (Å²) in [5.74, 6) is 0.442. The van der Waals surface area contributed by atoms with Gasteiger partial charge in [-0.2, -0.15) is 5.10 Å². The van der Waals surface area contributed by atoms with Crippen LogP contribution in [-0.2, 0) is 11.3 Å². The third-order valence-corrected chi connectivity index (χ3v) is 4.91. The summed E-state index contributed by atoms with van der Waals surface area (Å²) in [7, 11) is 1.63. The van der Waals surface area contributed by atoms with Crippen molar-refractivity contribution in [3.05, 3.63) is 52.7 Å². The Hall–Kier alpha value is -2.94. The van der Waals surface area contributed by atoms with Gasteiger partial charge in [-0.1, -0.05) is 0 Å². The quantitative estimate of drug-likeness (QED) is 0.747. The van der Waals surface area contributed by atoms with Crippen molar-refractivity contribution in [2.45, 2.75) is 32.0 Å². The Morgan fingerprint density at radius 2 is 2.27 bits per heavy atom. The second kappa shape index (κ2) is 6.41. The monoisotopic (exact) mass is 356 g/mol. The molecule has 0 aromatic carbocycles. The first kappa shape index (κ1) is 16.5. The lowest BCUT2D eigenvalue weighted by atomic mass is 10.1. The predicted molar refractivity (Wildman–Crippen MR) is 92.9 cm³/mol. The fraction of sp³-hybridized carbons (Fsp3) is 0.412. The molecular formula is C17H20N6O3. The zero-order chi connectivity index (χ0) is 18.3. The molecule has 4 heterocycles. The van der Waals surface area contributed by atoms with E-state index in [1.807, 2.05) is 17.4 Å². The van der Waals surface area contributed by atoms with Crippen LogP contribution in [0.2, 0.25) is 0 Å². The van der Waals surface area contributed by atoms with Gasteiger partial charge < -0.3 is 14.0 Å². The topological polar surface area (TPSA) is 97.5 Å². The van der Waals surface area contributed by atoms with E-state index in [0.717, 1.165) is 5.52 Å². The van der Waals surface area contributed by atoms with E-state index in [2.05, 4.69) is 15.2 Å². The zero-order valence-corrected chi connectivity index (χ0v) is 14.6. The molecule has 3 aromatic rings. The summed E-state index contributed by atoms with van der Waals surface area (Å²) in [6, 6.07) is 3.33. The molecular weight excluding hydrogens is 336 g/mol. The molecule has 1 amide bonds. The molecule has 26 heavy (non-hydrogen) atoms. The molecule has 1 saturated heterocycles.